The standard InChI is InChI=1S/C16H12Se/c1-2-6-13(7-3-1)10-11-14-12-17-16-9-5-4-8-15(14)16/h1-12H. The van der Waals surface area contributed by atoms with Gasteiger partial charge < -0.3 is 0 Å². The number of rotatable bonds is 2. The van der Waals surface area contributed by atoms with E-state index in [4.69, 9.17) is 0 Å². The molecule has 0 bridgehead atoms. The van der Waals surface area contributed by atoms with Gasteiger partial charge in [-0.25, -0.2) is 0 Å². The van der Waals surface area contributed by atoms with Gasteiger partial charge in [0.05, 0.1) is 0 Å². The first-order valence-corrected chi connectivity index (χ1v) is 7.47. The molecule has 0 saturated heterocycles. The molecule has 82 valence electrons. The van der Waals surface area contributed by atoms with Gasteiger partial charge >= 0.3 is 107 Å². The molecule has 0 spiro atoms. The first kappa shape index (κ1) is 10.6. The molecule has 0 amide bonds. The van der Waals surface area contributed by atoms with Crippen LogP contribution in [0.5, 0.6) is 0 Å². The van der Waals surface area contributed by atoms with Gasteiger partial charge in [0.25, 0.3) is 0 Å². The summed E-state index contributed by atoms with van der Waals surface area (Å²) in [5.41, 5.74) is 2.62. The first-order valence-electron chi connectivity index (χ1n) is 5.63. The van der Waals surface area contributed by atoms with Gasteiger partial charge in [0.15, 0.2) is 0 Å². The van der Waals surface area contributed by atoms with Crippen molar-refractivity contribution in [2.45, 2.75) is 0 Å². The van der Waals surface area contributed by atoms with Crippen LogP contribution in [0.3, 0.4) is 0 Å². The summed E-state index contributed by atoms with van der Waals surface area (Å²) in [6.07, 6.45) is 4.41. The normalized spacial score (nSPS) is 11.3. The molecule has 0 N–H and O–H groups in total. The third-order valence-electron chi connectivity index (χ3n) is 2.77. The van der Waals surface area contributed by atoms with Crippen molar-refractivity contribution in [2.75, 3.05) is 0 Å². The fraction of sp³-hybridized carbons (Fsp3) is 0. The van der Waals surface area contributed by atoms with Crippen LogP contribution < -0.4 is 0 Å². The topological polar surface area (TPSA) is 0 Å². The Morgan fingerprint density at radius 1 is 0.765 bits per heavy atom. The number of benzene rings is 2. The number of hydrogen-bond donors (Lipinski definition) is 0. The van der Waals surface area contributed by atoms with E-state index >= 15 is 0 Å². The average Bonchev–Trinajstić information content (AvgIpc) is 2.81. The molecule has 3 aromatic rings. The van der Waals surface area contributed by atoms with Crippen LogP contribution in [0.25, 0.3) is 21.8 Å². The van der Waals surface area contributed by atoms with Gasteiger partial charge in [-0.15, -0.1) is 0 Å². The Kier molecular flexibility index (Phi) is 2.96. The predicted octanol–water partition coefficient (Wildman–Crippen LogP) is 4.07. The molecule has 1 heterocycles. The Bertz CT molecular complexity index is 647. The molecule has 0 nitrogen and oxygen atoms in total. The van der Waals surface area contributed by atoms with Crippen LogP contribution in [-0.2, 0) is 0 Å². The molecule has 0 aliphatic rings. The third kappa shape index (κ3) is 2.26. The molecule has 0 atom stereocenters. The molecule has 3 rings (SSSR count). The van der Waals surface area contributed by atoms with E-state index in [9.17, 15) is 0 Å². The Morgan fingerprint density at radius 2 is 1.53 bits per heavy atom. The minimum atomic E-state index is 0.507. The van der Waals surface area contributed by atoms with E-state index in [2.05, 4.69) is 65.6 Å². The van der Waals surface area contributed by atoms with Crippen LogP contribution in [0.15, 0.2) is 59.5 Å². The predicted molar refractivity (Wildman–Crippen MR) is 76.3 cm³/mol. The van der Waals surface area contributed by atoms with Crippen molar-refractivity contribution in [1.29, 1.82) is 0 Å². The van der Waals surface area contributed by atoms with E-state index in [0.29, 0.717) is 14.5 Å². The maximum absolute atomic E-state index is 2.36. The van der Waals surface area contributed by atoms with Gasteiger partial charge in [-0.1, -0.05) is 0 Å². The molecule has 1 heteroatoms. The number of hydrogen-bond acceptors (Lipinski definition) is 0. The van der Waals surface area contributed by atoms with Crippen molar-refractivity contribution < 1.29 is 0 Å². The zero-order valence-electron chi connectivity index (χ0n) is 9.34. The van der Waals surface area contributed by atoms with Crippen molar-refractivity contribution in [1.82, 2.24) is 0 Å². The average molecular weight is 283 g/mol. The molecule has 17 heavy (non-hydrogen) atoms. The monoisotopic (exact) mass is 284 g/mol. The van der Waals surface area contributed by atoms with Crippen molar-refractivity contribution in [3.8, 4) is 0 Å². The van der Waals surface area contributed by atoms with Gasteiger partial charge in [0, 0.05) is 0 Å². The van der Waals surface area contributed by atoms with E-state index in [1.807, 2.05) is 6.07 Å². The molecular weight excluding hydrogens is 271 g/mol. The van der Waals surface area contributed by atoms with Gasteiger partial charge in [0.2, 0.25) is 0 Å². The summed E-state index contributed by atoms with van der Waals surface area (Å²) in [6, 6.07) is 19.1. The fourth-order valence-electron chi connectivity index (χ4n) is 1.88. The zero-order chi connectivity index (χ0) is 11.5. The second-order valence-electron chi connectivity index (χ2n) is 3.93. The summed E-state index contributed by atoms with van der Waals surface area (Å²) < 4.78 is 1.49. The quantitative estimate of drug-likeness (QED) is 0.622. The van der Waals surface area contributed by atoms with Gasteiger partial charge in [0.1, 0.15) is 0 Å². The van der Waals surface area contributed by atoms with Crippen molar-refractivity contribution in [3.05, 3.63) is 70.7 Å². The van der Waals surface area contributed by atoms with Crippen molar-refractivity contribution in [2.24, 2.45) is 0 Å². The molecule has 1 aromatic heterocycles. The van der Waals surface area contributed by atoms with Crippen LogP contribution in [-0.4, -0.2) is 14.5 Å². The Morgan fingerprint density at radius 3 is 2.41 bits per heavy atom. The molecule has 0 aliphatic heterocycles. The SMILES string of the molecule is C(=Cc1c[se]c2ccccc12)c1ccccc1. The van der Waals surface area contributed by atoms with Crippen molar-refractivity contribution >= 4 is 36.3 Å². The summed E-state index contributed by atoms with van der Waals surface area (Å²) in [6.45, 7) is 0. The Labute approximate surface area is 107 Å². The van der Waals surface area contributed by atoms with E-state index in [0.717, 1.165) is 0 Å². The second kappa shape index (κ2) is 4.75. The van der Waals surface area contributed by atoms with E-state index in [-0.39, 0.29) is 0 Å². The minimum absolute atomic E-state index is 0.507. The van der Waals surface area contributed by atoms with Crippen LogP contribution in [0.1, 0.15) is 11.1 Å². The van der Waals surface area contributed by atoms with Gasteiger partial charge in [-0.3, -0.25) is 0 Å². The van der Waals surface area contributed by atoms with E-state index in [1.54, 1.807) is 0 Å². The third-order valence-corrected chi connectivity index (χ3v) is 4.83. The Balaban J connectivity index is 1.98. The molecule has 0 saturated carbocycles. The second-order valence-corrected chi connectivity index (χ2v) is 5.84. The van der Waals surface area contributed by atoms with Gasteiger partial charge in [-0.05, 0) is 0 Å². The van der Waals surface area contributed by atoms with E-state index < -0.39 is 0 Å². The van der Waals surface area contributed by atoms with Crippen molar-refractivity contribution in [3.63, 3.8) is 0 Å². The van der Waals surface area contributed by atoms with E-state index in [1.165, 1.54) is 20.8 Å². The zero-order valence-corrected chi connectivity index (χ0v) is 11.0. The molecule has 0 fully saturated rings. The van der Waals surface area contributed by atoms with Crippen LogP contribution in [0, 0.1) is 0 Å². The fourth-order valence-corrected chi connectivity index (χ4v) is 3.83. The Hall–Kier alpha value is -1.56. The van der Waals surface area contributed by atoms with Crippen LogP contribution >= 0.6 is 0 Å². The molecular formula is C16H12Se. The van der Waals surface area contributed by atoms with Crippen LogP contribution in [0.2, 0.25) is 0 Å². The summed E-state index contributed by atoms with van der Waals surface area (Å²) >= 11 is 0.507. The summed E-state index contributed by atoms with van der Waals surface area (Å²) in [7, 11) is 0. The first-order chi connectivity index (χ1) is 8.43. The number of fused-ring (bicyclic) bond motifs is 1. The maximum atomic E-state index is 2.36. The summed E-state index contributed by atoms with van der Waals surface area (Å²) in [4.78, 5) is 2.36. The summed E-state index contributed by atoms with van der Waals surface area (Å²) in [5, 5.41) is 1.40. The molecule has 0 aliphatic carbocycles. The summed E-state index contributed by atoms with van der Waals surface area (Å²) in [5.74, 6) is 0. The molecule has 0 radical (unpaired) electrons. The van der Waals surface area contributed by atoms with Crippen LogP contribution in [0.4, 0.5) is 0 Å². The molecule has 0 unspecified atom stereocenters. The molecule has 2 aromatic carbocycles. The van der Waals surface area contributed by atoms with Gasteiger partial charge in [-0.2, -0.15) is 0 Å².